The van der Waals surface area contributed by atoms with Crippen molar-refractivity contribution in [3.8, 4) is 0 Å². The Morgan fingerprint density at radius 1 is 0.929 bits per heavy atom. The number of Topliss-reactive ketones (excluding diaryl/α,β-unsaturated/α-hetero) is 1. The molecule has 0 aliphatic carbocycles. The Hall–Kier alpha value is -3.47. The molecule has 2 aromatic carbocycles. The van der Waals surface area contributed by atoms with E-state index in [9.17, 15) is 9.59 Å². The number of aryl methyl sites for hydroxylation is 1. The molecule has 142 valence electrons. The molecule has 0 fully saturated rings. The fourth-order valence-corrected chi connectivity index (χ4v) is 2.81. The van der Waals surface area contributed by atoms with Gasteiger partial charge in [-0.1, -0.05) is 30.3 Å². The fraction of sp³-hybridized carbons (Fsp3) is 0.174. The minimum Gasteiger partial charge on any atom is -0.370 e. The molecule has 0 saturated carbocycles. The van der Waals surface area contributed by atoms with Crippen LogP contribution in [0.1, 0.15) is 39.6 Å². The monoisotopic (exact) mass is 373 g/mol. The van der Waals surface area contributed by atoms with Gasteiger partial charge in [0, 0.05) is 29.6 Å². The molecular formula is C23H23N3O2. The first-order valence-electron chi connectivity index (χ1n) is 9.28. The van der Waals surface area contributed by atoms with Crippen molar-refractivity contribution in [2.45, 2.75) is 19.8 Å². The van der Waals surface area contributed by atoms with Crippen molar-refractivity contribution in [2.75, 3.05) is 17.2 Å². The summed E-state index contributed by atoms with van der Waals surface area (Å²) < 4.78 is 0. The smallest absolute Gasteiger partial charge is 0.255 e. The molecule has 0 unspecified atom stereocenters. The molecule has 28 heavy (non-hydrogen) atoms. The van der Waals surface area contributed by atoms with Crippen molar-refractivity contribution in [3.63, 3.8) is 0 Å². The highest BCUT2D eigenvalue weighted by Crippen LogP contribution is 2.13. The predicted molar refractivity (Wildman–Crippen MR) is 112 cm³/mol. The molecule has 5 heteroatoms. The molecule has 0 bridgehead atoms. The number of benzene rings is 2. The highest BCUT2D eigenvalue weighted by Gasteiger charge is 2.08. The Morgan fingerprint density at radius 2 is 1.68 bits per heavy atom. The second-order valence-corrected chi connectivity index (χ2v) is 6.53. The zero-order valence-electron chi connectivity index (χ0n) is 15.8. The minimum absolute atomic E-state index is 0.00464. The fourth-order valence-electron chi connectivity index (χ4n) is 2.81. The van der Waals surface area contributed by atoms with E-state index in [0.717, 1.165) is 19.4 Å². The number of pyridine rings is 1. The topological polar surface area (TPSA) is 71.1 Å². The maximum atomic E-state index is 12.5. The molecule has 0 radical (unpaired) electrons. The van der Waals surface area contributed by atoms with E-state index in [1.165, 1.54) is 12.5 Å². The first-order chi connectivity index (χ1) is 13.6. The lowest BCUT2D eigenvalue weighted by molar-refractivity contribution is 0.101. The van der Waals surface area contributed by atoms with Crippen LogP contribution in [-0.2, 0) is 6.42 Å². The van der Waals surface area contributed by atoms with Crippen molar-refractivity contribution in [1.82, 2.24) is 4.98 Å². The van der Waals surface area contributed by atoms with Gasteiger partial charge in [-0.25, -0.2) is 4.98 Å². The van der Waals surface area contributed by atoms with Gasteiger partial charge in [0.2, 0.25) is 0 Å². The number of carbonyl (C=O) groups excluding carboxylic acids is 2. The molecular weight excluding hydrogens is 350 g/mol. The maximum absolute atomic E-state index is 12.5. The van der Waals surface area contributed by atoms with Crippen molar-refractivity contribution < 1.29 is 9.59 Å². The number of hydrogen-bond acceptors (Lipinski definition) is 4. The quantitative estimate of drug-likeness (QED) is 0.448. The van der Waals surface area contributed by atoms with Crippen LogP contribution < -0.4 is 10.6 Å². The normalized spacial score (nSPS) is 10.3. The summed E-state index contributed by atoms with van der Waals surface area (Å²) in [6.07, 6.45) is 3.59. The predicted octanol–water partition coefficient (Wildman–Crippen LogP) is 4.58. The average Bonchev–Trinajstić information content (AvgIpc) is 2.72. The Bertz CT molecular complexity index is 938. The van der Waals surface area contributed by atoms with Crippen molar-refractivity contribution >= 4 is 23.2 Å². The number of carbonyl (C=O) groups is 2. The molecule has 0 aliphatic rings. The first kappa shape index (κ1) is 19.3. The number of rotatable bonds is 8. The number of hydrogen-bond donors (Lipinski definition) is 2. The third kappa shape index (κ3) is 5.51. The third-order valence-electron chi connectivity index (χ3n) is 4.36. The van der Waals surface area contributed by atoms with E-state index < -0.39 is 0 Å². The Kier molecular flexibility index (Phi) is 6.52. The van der Waals surface area contributed by atoms with Gasteiger partial charge in [-0.05, 0) is 61.7 Å². The Labute approximate surface area is 164 Å². The van der Waals surface area contributed by atoms with Gasteiger partial charge in [0.15, 0.2) is 5.78 Å². The highest BCUT2D eigenvalue weighted by molar-refractivity contribution is 6.05. The maximum Gasteiger partial charge on any atom is 0.255 e. The van der Waals surface area contributed by atoms with E-state index >= 15 is 0 Å². The van der Waals surface area contributed by atoms with Crippen LogP contribution in [0.5, 0.6) is 0 Å². The second kappa shape index (κ2) is 9.46. The van der Waals surface area contributed by atoms with Gasteiger partial charge in [0.25, 0.3) is 5.91 Å². The zero-order chi connectivity index (χ0) is 19.8. The van der Waals surface area contributed by atoms with Crippen LogP contribution in [0.2, 0.25) is 0 Å². The Balaban J connectivity index is 1.53. The average molecular weight is 373 g/mol. The first-order valence-corrected chi connectivity index (χ1v) is 9.28. The summed E-state index contributed by atoms with van der Waals surface area (Å²) in [5.74, 6) is 0.452. The second-order valence-electron chi connectivity index (χ2n) is 6.53. The van der Waals surface area contributed by atoms with Crippen LogP contribution in [0.3, 0.4) is 0 Å². The lowest BCUT2D eigenvalue weighted by Gasteiger charge is -2.09. The van der Waals surface area contributed by atoms with Crippen molar-refractivity contribution in [1.29, 1.82) is 0 Å². The third-order valence-corrected chi connectivity index (χ3v) is 4.36. The van der Waals surface area contributed by atoms with Gasteiger partial charge in [-0.3, -0.25) is 9.59 Å². The van der Waals surface area contributed by atoms with Crippen LogP contribution in [0.25, 0.3) is 0 Å². The largest absolute Gasteiger partial charge is 0.370 e. The number of anilines is 2. The van der Waals surface area contributed by atoms with Gasteiger partial charge in [-0.15, -0.1) is 0 Å². The molecule has 5 nitrogen and oxygen atoms in total. The van der Waals surface area contributed by atoms with Crippen LogP contribution in [0.4, 0.5) is 11.5 Å². The van der Waals surface area contributed by atoms with E-state index in [0.29, 0.717) is 22.6 Å². The van der Waals surface area contributed by atoms with Gasteiger partial charge in [-0.2, -0.15) is 0 Å². The molecule has 0 spiro atoms. The molecule has 2 N–H and O–H groups in total. The molecule has 1 aromatic heterocycles. The van der Waals surface area contributed by atoms with Crippen molar-refractivity contribution in [2.24, 2.45) is 0 Å². The lowest BCUT2D eigenvalue weighted by Crippen LogP contribution is -2.13. The lowest BCUT2D eigenvalue weighted by atomic mass is 10.1. The molecule has 0 atom stereocenters. The van der Waals surface area contributed by atoms with E-state index in [2.05, 4.69) is 27.8 Å². The van der Waals surface area contributed by atoms with Gasteiger partial charge < -0.3 is 10.6 Å². The van der Waals surface area contributed by atoms with E-state index in [-0.39, 0.29) is 11.7 Å². The van der Waals surface area contributed by atoms with Crippen molar-refractivity contribution in [3.05, 3.63) is 89.6 Å². The standard InChI is InChI=1S/C23H23N3O2/c1-17(27)19-9-11-21(12-10-19)26-23(28)20-13-15-25-22(16-20)24-14-5-8-18-6-3-2-4-7-18/h2-4,6-7,9-13,15-16H,5,8,14H2,1H3,(H,24,25)(H,26,28). The van der Waals surface area contributed by atoms with E-state index in [4.69, 9.17) is 0 Å². The van der Waals surface area contributed by atoms with E-state index in [1.54, 1.807) is 42.6 Å². The SMILES string of the molecule is CC(=O)c1ccc(NC(=O)c2ccnc(NCCCc3ccccc3)c2)cc1. The summed E-state index contributed by atoms with van der Waals surface area (Å²) in [7, 11) is 0. The van der Waals surface area contributed by atoms with Gasteiger partial charge in [0.1, 0.15) is 5.82 Å². The summed E-state index contributed by atoms with van der Waals surface area (Å²) in [4.78, 5) is 28.1. The summed E-state index contributed by atoms with van der Waals surface area (Å²) in [6.45, 7) is 2.29. The van der Waals surface area contributed by atoms with E-state index in [1.807, 2.05) is 18.2 Å². The van der Waals surface area contributed by atoms with Gasteiger partial charge >= 0.3 is 0 Å². The summed E-state index contributed by atoms with van der Waals surface area (Å²) in [5, 5.41) is 6.10. The van der Waals surface area contributed by atoms with Crippen LogP contribution in [0, 0.1) is 0 Å². The molecule has 3 rings (SSSR count). The minimum atomic E-state index is -0.217. The molecule has 3 aromatic rings. The summed E-state index contributed by atoms with van der Waals surface area (Å²) >= 11 is 0. The number of nitrogens with zero attached hydrogens (tertiary/aromatic N) is 1. The molecule has 0 saturated heterocycles. The number of amides is 1. The summed E-state index contributed by atoms with van der Waals surface area (Å²) in [5.41, 5.74) is 3.09. The molecule has 0 aliphatic heterocycles. The van der Waals surface area contributed by atoms with Gasteiger partial charge in [0.05, 0.1) is 0 Å². The Morgan fingerprint density at radius 3 is 2.39 bits per heavy atom. The summed E-state index contributed by atoms with van der Waals surface area (Å²) in [6, 6.07) is 20.6. The molecule has 1 amide bonds. The zero-order valence-corrected chi connectivity index (χ0v) is 15.8. The van der Waals surface area contributed by atoms with Crippen LogP contribution in [0.15, 0.2) is 72.9 Å². The van der Waals surface area contributed by atoms with Crippen LogP contribution in [-0.4, -0.2) is 23.2 Å². The highest BCUT2D eigenvalue weighted by atomic mass is 16.1. The number of nitrogens with one attached hydrogen (secondary N) is 2. The number of aromatic nitrogens is 1. The van der Waals surface area contributed by atoms with Crippen LogP contribution >= 0.6 is 0 Å². The number of ketones is 1. The molecule has 1 heterocycles.